The van der Waals surface area contributed by atoms with Crippen LogP contribution in [0.4, 0.5) is 0 Å². The predicted molar refractivity (Wildman–Crippen MR) is 104 cm³/mol. The van der Waals surface area contributed by atoms with Crippen molar-refractivity contribution in [2.24, 2.45) is 0 Å². The molecule has 1 unspecified atom stereocenters. The lowest BCUT2D eigenvalue weighted by Crippen LogP contribution is -2.42. The lowest BCUT2D eigenvalue weighted by molar-refractivity contribution is 0.0600. The van der Waals surface area contributed by atoms with Gasteiger partial charge in [0.25, 0.3) is 0 Å². The van der Waals surface area contributed by atoms with Crippen LogP contribution in [-0.2, 0) is 9.16 Å². The molecule has 0 heterocycles. The van der Waals surface area contributed by atoms with Crippen molar-refractivity contribution in [1.29, 1.82) is 0 Å². The SMILES string of the molecule is COC(=O)c1ccc(C(O[Si](C)(C)C(C)(C)C)c2ccccc2)cc1. The van der Waals surface area contributed by atoms with Crippen molar-refractivity contribution < 1.29 is 14.0 Å². The molecule has 4 heteroatoms. The van der Waals surface area contributed by atoms with E-state index in [2.05, 4.69) is 46.0 Å². The zero-order chi connectivity index (χ0) is 18.7. The third-order valence-electron chi connectivity index (χ3n) is 4.96. The van der Waals surface area contributed by atoms with Gasteiger partial charge >= 0.3 is 5.97 Å². The summed E-state index contributed by atoms with van der Waals surface area (Å²) in [5.41, 5.74) is 2.72. The van der Waals surface area contributed by atoms with Crippen molar-refractivity contribution in [3.8, 4) is 0 Å². The number of carbonyl (C=O) groups is 1. The Labute approximate surface area is 152 Å². The number of carbonyl (C=O) groups excluding carboxylic acids is 1. The van der Waals surface area contributed by atoms with Crippen LogP contribution >= 0.6 is 0 Å². The topological polar surface area (TPSA) is 35.5 Å². The Morgan fingerprint density at radius 3 is 1.92 bits per heavy atom. The molecule has 25 heavy (non-hydrogen) atoms. The van der Waals surface area contributed by atoms with Crippen LogP contribution in [0, 0.1) is 0 Å². The van der Waals surface area contributed by atoms with E-state index in [1.807, 2.05) is 30.3 Å². The molecule has 0 spiro atoms. The van der Waals surface area contributed by atoms with Crippen molar-refractivity contribution in [2.45, 2.75) is 45.0 Å². The molecule has 0 aliphatic rings. The molecule has 0 N–H and O–H groups in total. The molecule has 2 aromatic rings. The third-order valence-corrected chi connectivity index (χ3v) is 9.39. The van der Waals surface area contributed by atoms with Crippen LogP contribution in [0.15, 0.2) is 54.6 Å². The molecule has 3 nitrogen and oxygen atoms in total. The van der Waals surface area contributed by atoms with Crippen molar-refractivity contribution in [1.82, 2.24) is 0 Å². The quantitative estimate of drug-likeness (QED) is 0.518. The second-order valence-electron chi connectivity index (χ2n) is 7.78. The van der Waals surface area contributed by atoms with Gasteiger partial charge in [-0.1, -0.05) is 63.2 Å². The Hall–Kier alpha value is -1.91. The Bertz CT molecular complexity index is 700. The number of hydrogen-bond acceptors (Lipinski definition) is 3. The fourth-order valence-electron chi connectivity index (χ4n) is 2.34. The molecular weight excluding hydrogens is 328 g/mol. The van der Waals surface area contributed by atoms with Crippen LogP contribution in [0.25, 0.3) is 0 Å². The largest absolute Gasteiger partial charge is 0.465 e. The highest BCUT2D eigenvalue weighted by Crippen LogP contribution is 2.41. The van der Waals surface area contributed by atoms with E-state index in [-0.39, 0.29) is 17.1 Å². The van der Waals surface area contributed by atoms with Gasteiger partial charge < -0.3 is 9.16 Å². The van der Waals surface area contributed by atoms with Crippen LogP contribution in [-0.4, -0.2) is 21.4 Å². The Balaban J connectivity index is 2.41. The number of methoxy groups -OCH3 is 1. The highest BCUT2D eigenvalue weighted by Gasteiger charge is 2.39. The van der Waals surface area contributed by atoms with E-state index in [4.69, 9.17) is 9.16 Å². The van der Waals surface area contributed by atoms with Gasteiger partial charge in [0.1, 0.15) is 0 Å². The number of benzene rings is 2. The number of esters is 1. The molecule has 0 radical (unpaired) electrons. The van der Waals surface area contributed by atoms with E-state index in [9.17, 15) is 4.79 Å². The fourth-order valence-corrected chi connectivity index (χ4v) is 3.55. The standard InChI is InChI=1S/C21H28O3Si/c1-21(2,3)25(5,6)24-19(16-10-8-7-9-11-16)17-12-14-18(15-13-17)20(22)23-4/h7-15,19H,1-6H3. The Kier molecular flexibility index (Phi) is 5.86. The first kappa shape index (κ1) is 19.4. The monoisotopic (exact) mass is 356 g/mol. The second kappa shape index (κ2) is 7.54. The van der Waals surface area contributed by atoms with E-state index in [0.29, 0.717) is 5.56 Å². The summed E-state index contributed by atoms with van der Waals surface area (Å²) in [7, 11) is -0.575. The molecule has 1 atom stereocenters. The zero-order valence-corrected chi connectivity index (χ0v) is 17.0. The molecule has 0 aliphatic carbocycles. The average molecular weight is 357 g/mol. The van der Waals surface area contributed by atoms with Crippen molar-refractivity contribution in [3.05, 3.63) is 71.3 Å². The molecule has 0 fully saturated rings. The van der Waals surface area contributed by atoms with Gasteiger partial charge in [-0.15, -0.1) is 0 Å². The number of ether oxygens (including phenoxy) is 1. The molecule has 0 aromatic heterocycles. The highest BCUT2D eigenvalue weighted by atomic mass is 28.4. The maximum Gasteiger partial charge on any atom is 0.337 e. The van der Waals surface area contributed by atoms with E-state index < -0.39 is 8.32 Å². The molecule has 0 saturated heterocycles. The van der Waals surface area contributed by atoms with Crippen molar-refractivity contribution in [2.75, 3.05) is 7.11 Å². The summed E-state index contributed by atoms with van der Waals surface area (Å²) in [6.07, 6.45) is -0.145. The van der Waals surface area contributed by atoms with Gasteiger partial charge in [-0.25, -0.2) is 4.79 Å². The van der Waals surface area contributed by atoms with Gasteiger partial charge in [-0.05, 0) is 41.4 Å². The van der Waals surface area contributed by atoms with Crippen LogP contribution in [0.1, 0.15) is 48.4 Å². The lowest BCUT2D eigenvalue weighted by atomic mass is 10.0. The number of rotatable bonds is 5. The van der Waals surface area contributed by atoms with Crippen LogP contribution < -0.4 is 0 Å². The molecule has 0 amide bonds. The summed E-state index contributed by atoms with van der Waals surface area (Å²) in [5.74, 6) is -0.326. The first-order valence-corrected chi connectivity index (χ1v) is 11.5. The van der Waals surface area contributed by atoms with Gasteiger partial charge in [0.05, 0.1) is 18.8 Å². The summed E-state index contributed by atoms with van der Waals surface area (Å²) in [6, 6.07) is 17.7. The van der Waals surface area contributed by atoms with E-state index in [1.54, 1.807) is 12.1 Å². The smallest absolute Gasteiger partial charge is 0.337 e. The first-order chi connectivity index (χ1) is 11.7. The minimum Gasteiger partial charge on any atom is -0.465 e. The summed E-state index contributed by atoms with van der Waals surface area (Å²) in [4.78, 5) is 11.7. The summed E-state index contributed by atoms with van der Waals surface area (Å²) in [6.45, 7) is 11.2. The highest BCUT2D eigenvalue weighted by molar-refractivity contribution is 6.74. The predicted octanol–water partition coefficient (Wildman–Crippen LogP) is 5.58. The third kappa shape index (κ3) is 4.59. The van der Waals surface area contributed by atoms with Gasteiger partial charge in [0, 0.05) is 0 Å². The molecule has 2 rings (SSSR count). The first-order valence-electron chi connectivity index (χ1n) is 8.57. The number of hydrogen-bond donors (Lipinski definition) is 0. The maximum absolute atomic E-state index is 11.7. The lowest BCUT2D eigenvalue weighted by Gasteiger charge is -2.39. The summed E-state index contributed by atoms with van der Waals surface area (Å²) in [5, 5.41) is 0.117. The van der Waals surface area contributed by atoms with Gasteiger partial charge in [0.15, 0.2) is 8.32 Å². The normalized spacial score (nSPS) is 13.4. The molecule has 2 aromatic carbocycles. The van der Waals surface area contributed by atoms with Crippen molar-refractivity contribution >= 4 is 14.3 Å². The van der Waals surface area contributed by atoms with Gasteiger partial charge in [-0.3, -0.25) is 0 Å². The molecule has 134 valence electrons. The van der Waals surface area contributed by atoms with Crippen molar-refractivity contribution in [3.63, 3.8) is 0 Å². The second-order valence-corrected chi connectivity index (χ2v) is 12.5. The minimum absolute atomic E-state index is 0.117. The fraction of sp³-hybridized carbons (Fsp3) is 0.381. The maximum atomic E-state index is 11.7. The van der Waals surface area contributed by atoms with E-state index >= 15 is 0 Å². The van der Waals surface area contributed by atoms with E-state index in [0.717, 1.165) is 11.1 Å². The average Bonchev–Trinajstić information content (AvgIpc) is 2.59. The summed E-state index contributed by atoms with van der Waals surface area (Å²) >= 11 is 0. The van der Waals surface area contributed by atoms with Gasteiger partial charge in [-0.2, -0.15) is 0 Å². The zero-order valence-electron chi connectivity index (χ0n) is 16.0. The van der Waals surface area contributed by atoms with Crippen LogP contribution in [0.3, 0.4) is 0 Å². The molecule has 0 aliphatic heterocycles. The van der Waals surface area contributed by atoms with Crippen LogP contribution in [0.5, 0.6) is 0 Å². The van der Waals surface area contributed by atoms with Crippen LogP contribution in [0.2, 0.25) is 18.1 Å². The Morgan fingerprint density at radius 1 is 0.920 bits per heavy atom. The van der Waals surface area contributed by atoms with Gasteiger partial charge in [0.2, 0.25) is 0 Å². The molecule has 0 bridgehead atoms. The summed E-state index contributed by atoms with van der Waals surface area (Å²) < 4.78 is 11.5. The minimum atomic E-state index is -1.97. The Morgan fingerprint density at radius 2 is 1.44 bits per heavy atom. The van der Waals surface area contributed by atoms with E-state index in [1.165, 1.54) is 7.11 Å². The molecule has 0 saturated carbocycles. The molecular formula is C21H28O3Si.